The minimum absolute atomic E-state index is 0.0522. The van der Waals surface area contributed by atoms with Crippen molar-refractivity contribution in [2.24, 2.45) is 22.7 Å². The van der Waals surface area contributed by atoms with E-state index >= 15 is 0 Å². The highest BCUT2D eigenvalue weighted by molar-refractivity contribution is 6.01. The molecule has 5 nitrogen and oxygen atoms in total. The third-order valence-electron chi connectivity index (χ3n) is 6.82. The predicted molar refractivity (Wildman–Crippen MR) is 103 cm³/mol. The standard InChI is InChI=1S/C22H34O5/c1-13(12-17(24)25)8-9-16-14(2)18(26)19(27-15(3)23)20-21(4,5)10-7-11-22(16,20)6/h13,19-20H,7-12H2,1-6H3,(H,24,25)/t13-,19+,20-,22+/m0/s1. The molecule has 0 amide bonds. The lowest BCUT2D eigenvalue weighted by atomic mass is 9.48. The van der Waals surface area contributed by atoms with Gasteiger partial charge in [-0.15, -0.1) is 0 Å². The van der Waals surface area contributed by atoms with Gasteiger partial charge in [0, 0.05) is 19.3 Å². The van der Waals surface area contributed by atoms with Crippen molar-refractivity contribution >= 4 is 17.7 Å². The molecule has 0 radical (unpaired) electrons. The number of ketones is 1. The number of carboxylic acid groups (broad SMARTS) is 1. The van der Waals surface area contributed by atoms with Gasteiger partial charge in [0.25, 0.3) is 0 Å². The quantitative estimate of drug-likeness (QED) is 0.686. The molecule has 0 aromatic heterocycles. The summed E-state index contributed by atoms with van der Waals surface area (Å²) in [6, 6.07) is 0. The van der Waals surface area contributed by atoms with Crippen LogP contribution in [0, 0.1) is 22.7 Å². The van der Waals surface area contributed by atoms with Crippen LogP contribution in [0.3, 0.4) is 0 Å². The maximum absolute atomic E-state index is 13.1. The average Bonchev–Trinajstić information content (AvgIpc) is 2.49. The summed E-state index contributed by atoms with van der Waals surface area (Å²) in [7, 11) is 0. The van der Waals surface area contributed by atoms with Gasteiger partial charge < -0.3 is 9.84 Å². The van der Waals surface area contributed by atoms with E-state index < -0.39 is 18.0 Å². The molecule has 1 saturated carbocycles. The Kier molecular flexibility index (Phi) is 6.23. The monoisotopic (exact) mass is 378 g/mol. The van der Waals surface area contributed by atoms with Gasteiger partial charge in [0.15, 0.2) is 11.9 Å². The number of Topliss-reactive ketones (excluding diaryl/α,β-unsaturated/α-hetero) is 1. The van der Waals surface area contributed by atoms with Gasteiger partial charge in [-0.2, -0.15) is 0 Å². The SMILES string of the molecule is CC(=O)O[C@@H]1C(=O)C(C)=C(CC[C@H](C)CC(=O)O)[C@@]2(C)CCCC(C)(C)[C@H]12. The van der Waals surface area contributed by atoms with Crippen LogP contribution < -0.4 is 0 Å². The molecular weight excluding hydrogens is 344 g/mol. The van der Waals surface area contributed by atoms with E-state index in [2.05, 4.69) is 20.8 Å². The van der Waals surface area contributed by atoms with Gasteiger partial charge >= 0.3 is 11.9 Å². The van der Waals surface area contributed by atoms with Crippen LogP contribution in [0.1, 0.15) is 80.1 Å². The van der Waals surface area contributed by atoms with Crippen LogP contribution in [-0.4, -0.2) is 28.9 Å². The third-order valence-corrected chi connectivity index (χ3v) is 6.82. The second kappa shape index (κ2) is 7.76. The predicted octanol–water partition coefficient (Wildman–Crippen LogP) is 4.54. The lowest BCUT2D eigenvalue weighted by Gasteiger charge is -2.56. The smallest absolute Gasteiger partial charge is 0.303 e. The molecule has 2 aliphatic rings. The summed E-state index contributed by atoms with van der Waals surface area (Å²) in [6.45, 7) is 11.7. The first-order valence-corrected chi connectivity index (χ1v) is 10.0. The van der Waals surface area contributed by atoms with E-state index in [0.717, 1.165) is 37.7 Å². The van der Waals surface area contributed by atoms with Crippen LogP contribution in [0.4, 0.5) is 0 Å². The number of rotatable bonds is 6. The Hall–Kier alpha value is -1.65. The van der Waals surface area contributed by atoms with Gasteiger partial charge in [-0.05, 0) is 54.9 Å². The number of aliphatic carboxylic acids is 1. The molecule has 0 heterocycles. The molecule has 27 heavy (non-hydrogen) atoms. The number of fused-ring (bicyclic) bond motifs is 1. The van der Waals surface area contributed by atoms with Crippen molar-refractivity contribution in [3.05, 3.63) is 11.1 Å². The fraction of sp³-hybridized carbons (Fsp3) is 0.773. The van der Waals surface area contributed by atoms with E-state index in [4.69, 9.17) is 9.84 Å². The number of hydrogen-bond acceptors (Lipinski definition) is 4. The first-order chi connectivity index (χ1) is 12.4. The van der Waals surface area contributed by atoms with E-state index in [1.807, 2.05) is 13.8 Å². The zero-order chi connectivity index (χ0) is 20.6. The molecule has 5 heteroatoms. The Morgan fingerprint density at radius 3 is 2.44 bits per heavy atom. The van der Waals surface area contributed by atoms with Crippen LogP contribution in [-0.2, 0) is 19.1 Å². The molecule has 2 aliphatic carbocycles. The van der Waals surface area contributed by atoms with E-state index in [9.17, 15) is 14.4 Å². The number of carbonyl (C=O) groups excluding carboxylic acids is 2. The van der Waals surface area contributed by atoms with Crippen LogP contribution in [0.2, 0.25) is 0 Å². The molecule has 0 aromatic rings. The first-order valence-electron chi connectivity index (χ1n) is 10.0. The second-order valence-corrected chi connectivity index (χ2v) is 9.48. The lowest BCUT2D eigenvalue weighted by molar-refractivity contribution is -0.167. The number of carbonyl (C=O) groups is 3. The van der Waals surface area contributed by atoms with Crippen molar-refractivity contribution in [1.29, 1.82) is 0 Å². The Bertz CT molecular complexity index is 660. The van der Waals surface area contributed by atoms with Gasteiger partial charge in [-0.3, -0.25) is 14.4 Å². The Morgan fingerprint density at radius 1 is 1.26 bits per heavy atom. The van der Waals surface area contributed by atoms with E-state index in [1.165, 1.54) is 6.92 Å². The number of esters is 1. The maximum Gasteiger partial charge on any atom is 0.303 e. The lowest BCUT2D eigenvalue weighted by Crippen LogP contribution is -2.56. The molecule has 152 valence electrons. The fourth-order valence-electron chi connectivity index (χ4n) is 5.67. The molecule has 0 aliphatic heterocycles. The zero-order valence-electron chi connectivity index (χ0n) is 17.6. The van der Waals surface area contributed by atoms with E-state index in [1.54, 1.807) is 0 Å². The van der Waals surface area contributed by atoms with Gasteiger partial charge in [-0.1, -0.05) is 39.7 Å². The summed E-state index contributed by atoms with van der Waals surface area (Å²) >= 11 is 0. The summed E-state index contributed by atoms with van der Waals surface area (Å²) in [4.78, 5) is 35.8. The van der Waals surface area contributed by atoms with Crippen LogP contribution >= 0.6 is 0 Å². The highest BCUT2D eigenvalue weighted by Crippen LogP contribution is 2.60. The fourth-order valence-corrected chi connectivity index (χ4v) is 5.67. The largest absolute Gasteiger partial charge is 0.481 e. The van der Waals surface area contributed by atoms with Crippen molar-refractivity contribution in [2.45, 2.75) is 86.2 Å². The molecule has 0 aromatic carbocycles. The zero-order valence-corrected chi connectivity index (χ0v) is 17.6. The van der Waals surface area contributed by atoms with Crippen molar-refractivity contribution in [3.8, 4) is 0 Å². The van der Waals surface area contributed by atoms with Crippen LogP contribution in [0.15, 0.2) is 11.1 Å². The maximum atomic E-state index is 13.1. The number of allylic oxidation sites excluding steroid dienone is 1. The van der Waals surface area contributed by atoms with Crippen LogP contribution in [0.5, 0.6) is 0 Å². The van der Waals surface area contributed by atoms with Gasteiger partial charge in [0.1, 0.15) is 0 Å². The molecule has 1 N–H and O–H groups in total. The van der Waals surface area contributed by atoms with Gasteiger partial charge in [0.05, 0.1) is 0 Å². The Balaban J connectivity index is 2.42. The molecule has 0 spiro atoms. The summed E-state index contributed by atoms with van der Waals surface area (Å²) in [6.07, 6.45) is 3.93. The van der Waals surface area contributed by atoms with Gasteiger partial charge in [0.2, 0.25) is 0 Å². The number of ether oxygens (including phenoxy) is 1. The van der Waals surface area contributed by atoms with Crippen molar-refractivity contribution in [2.75, 3.05) is 0 Å². The summed E-state index contributed by atoms with van der Waals surface area (Å²) in [5.41, 5.74) is 1.54. The average molecular weight is 379 g/mol. The molecule has 0 bridgehead atoms. The number of carboxylic acids is 1. The molecule has 1 fully saturated rings. The highest BCUT2D eigenvalue weighted by atomic mass is 16.5. The summed E-state index contributed by atoms with van der Waals surface area (Å²) < 4.78 is 5.57. The molecule has 0 unspecified atom stereocenters. The van der Waals surface area contributed by atoms with Crippen molar-refractivity contribution in [1.82, 2.24) is 0 Å². The van der Waals surface area contributed by atoms with E-state index in [0.29, 0.717) is 5.57 Å². The number of hydrogen-bond donors (Lipinski definition) is 1. The second-order valence-electron chi connectivity index (χ2n) is 9.48. The first kappa shape index (κ1) is 21.6. The third kappa shape index (κ3) is 4.27. The van der Waals surface area contributed by atoms with Gasteiger partial charge in [-0.25, -0.2) is 0 Å². The highest BCUT2D eigenvalue weighted by Gasteiger charge is 2.58. The van der Waals surface area contributed by atoms with E-state index in [-0.39, 0.29) is 34.9 Å². The summed E-state index contributed by atoms with van der Waals surface area (Å²) in [5, 5.41) is 9.03. The molecule has 4 atom stereocenters. The molecular formula is C22H34O5. The summed E-state index contributed by atoms with van der Waals surface area (Å²) in [5.74, 6) is -1.27. The normalized spacial score (nSPS) is 31.3. The van der Waals surface area contributed by atoms with Crippen LogP contribution in [0.25, 0.3) is 0 Å². The minimum atomic E-state index is -0.786. The Morgan fingerprint density at radius 2 is 1.89 bits per heavy atom. The molecule has 0 saturated heterocycles. The minimum Gasteiger partial charge on any atom is -0.481 e. The topological polar surface area (TPSA) is 80.7 Å². The molecule has 2 rings (SSSR count). The Labute approximate surface area is 162 Å². The van der Waals surface area contributed by atoms with Crippen molar-refractivity contribution in [3.63, 3.8) is 0 Å². The van der Waals surface area contributed by atoms with Crippen molar-refractivity contribution < 1.29 is 24.2 Å².